The van der Waals surface area contributed by atoms with Crippen molar-refractivity contribution < 1.29 is 0 Å². The molecule has 0 aliphatic heterocycles. The summed E-state index contributed by atoms with van der Waals surface area (Å²) in [6.07, 6.45) is 2.09. The number of aryl methyl sites for hydroxylation is 2. The van der Waals surface area contributed by atoms with Gasteiger partial charge in [0.05, 0.1) is 5.52 Å². The van der Waals surface area contributed by atoms with E-state index in [0.29, 0.717) is 0 Å². The summed E-state index contributed by atoms with van der Waals surface area (Å²) in [5, 5.41) is 1.27. The van der Waals surface area contributed by atoms with E-state index in [1.807, 2.05) is 13.8 Å². The minimum Gasteiger partial charge on any atom is -0.350 e. The van der Waals surface area contributed by atoms with Gasteiger partial charge in [-0.3, -0.25) is 0 Å². The lowest BCUT2D eigenvalue weighted by Gasteiger charge is -2.20. The summed E-state index contributed by atoms with van der Waals surface area (Å²) in [4.78, 5) is 0. The van der Waals surface area contributed by atoms with Crippen molar-refractivity contribution in [2.24, 2.45) is 12.8 Å². The SMILES string of the molecule is Cc1cc(C(C)(C)N)cc2ccn(C)c12. The molecule has 0 saturated heterocycles. The predicted octanol–water partition coefficient (Wildman–Crippen LogP) is 2.68. The van der Waals surface area contributed by atoms with E-state index in [-0.39, 0.29) is 5.54 Å². The Morgan fingerprint density at radius 1 is 1.27 bits per heavy atom. The summed E-state index contributed by atoms with van der Waals surface area (Å²) >= 11 is 0. The molecule has 0 saturated carbocycles. The van der Waals surface area contributed by atoms with Gasteiger partial charge in [-0.2, -0.15) is 0 Å². The van der Waals surface area contributed by atoms with Crippen LogP contribution in [0.2, 0.25) is 0 Å². The van der Waals surface area contributed by atoms with Gasteiger partial charge in [-0.05, 0) is 44.0 Å². The second-order valence-corrected chi connectivity index (χ2v) is 4.88. The van der Waals surface area contributed by atoms with Gasteiger partial charge in [0.15, 0.2) is 0 Å². The number of benzene rings is 1. The Bertz CT molecular complexity index is 501. The quantitative estimate of drug-likeness (QED) is 0.757. The Labute approximate surface area is 90.7 Å². The average molecular weight is 202 g/mol. The average Bonchev–Trinajstić information content (AvgIpc) is 2.46. The highest BCUT2D eigenvalue weighted by Gasteiger charge is 2.16. The van der Waals surface area contributed by atoms with Crippen LogP contribution in [-0.4, -0.2) is 4.57 Å². The number of nitrogens with two attached hydrogens (primary N) is 1. The van der Waals surface area contributed by atoms with E-state index < -0.39 is 0 Å². The maximum Gasteiger partial charge on any atom is 0.0507 e. The van der Waals surface area contributed by atoms with Crippen molar-refractivity contribution in [1.82, 2.24) is 4.57 Å². The van der Waals surface area contributed by atoms with Gasteiger partial charge in [-0.25, -0.2) is 0 Å². The molecule has 2 rings (SSSR count). The monoisotopic (exact) mass is 202 g/mol. The lowest BCUT2D eigenvalue weighted by atomic mass is 9.93. The Balaban J connectivity index is 2.74. The van der Waals surface area contributed by atoms with E-state index in [0.717, 1.165) is 0 Å². The van der Waals surface area contributed by atoms with E-state index in [1.54, 1.807) is 0 Å². The molecule has 0 radical (unpaired) electrons. The summed E-state index contributed by atoms with van der Waals surface area (Å²) < 4.78 is 2.15. The van der Waals surface area contributed by atoms with Crippen LogP contribution in [-0.2, 0) is 12.6 Å². The van der Waals surface area contributed by atoms with Crippen molar-refractivity contribution in [2.75, 3.05) is 0 Å². The Hall–Kier alpha value is -1.28. The standard InChI is InChI=1S/C13H18N2/c1-9-7-11(13(2,3)14)8-10-5-6-15(4)12(9)10/h5-8H,14H2,1-4H3. The first kappa shape index (κ1) is 10.2. The Kier molecular flexibility index (Phi) is 2.12. The van der Waals surface area contributed by atoms with Crippen molar-refractivity contribution in [3.63, 3.8) is 0 Å². The number of hydrogen-bond donors (Lipinski definition) is 1. The number of rotatable bonds is 1. The summed E-state index contributed by atoms with van der Waals surface area (Å²) in [5.41, 5.74) is 9.62. The molecule has 1 heterocycles. The van der Waals surface area contributed by atoms with E-state index >= 15 is 0 Å². The third kappa shape index (κ3) is 1.65. The first-order valence-electron chi connectivity index (χ1n) is 5.24. The molecular weight excluding hydrogens is 184 g/mol. The van der Waals surface area contributed by atoms with Gasteiger partial charge in [-0.1, -0.05) is 6.07 Å². The molecule has 0 amide bonds. The van der Waals surface area contributed by atoms with Gasteiger partial charge in [-0.15, -0.1) is 0 Å². The minimum absolute atomic E-state index is 0.269. The fraction of sp³-hybridized carbons (Fsp3) is 0.385. The van der Waals surface area contributed by atoms with Crippen molar-refractivity contribution in [1.29, 1.82) is 0 Å². The van der Waals surface area contributed by atoms with Crippen LogP contribution in [0.3, 0.4) is 0 Å². The zero-order valence-corrected chi connectivity index (χ0v) is 9.83. The van der Waals surface area contributed by atoms with Crippen LogP contribution < -0.4 is 5.73 Å². The highest BCUT2D eigenvalue weighted by atomic mass is 14.9. The van der Waals surface area contributed by atoms with Crippen molar-refractivity contribution in [2.45, 2.75) is 26.3 Å². The van der Waals surface area contributed by atoms with E-state index in [1.165, 1.54) is 22.0 Å². The molecule has 15 heavy (non-hydrogen) atoms. The lowest BCUT2D eigenvalue weighted by molar-refractivity contribution is 0.555. The van der Waals surface area contributed by atoms with Crippen molar-refractivity contribution in [3.05, 3.63) is 35.5 Å². The van der Waals surface area contributed by atoms with Crippen LogP contribution in [0.1, 0.15) is 25.0 Å². The third-order valence-electron chi connectivity index (χ3n) is 2.90. The first-order chi connectivity index (χ1) is 6.89. The molecule has 0 bridgehead atoms. The zero-order valence-electron chi connectivity index (χ0n) is 9.83. The minimum atomic E-state index is -0.269. The zero-order chi connectivity index (χ0) is 11.2. The maximum atomic E-state index is 6.12. The van der Waals surface area contributed by atoms with E-state index in [2.05, 4.69) is 42.9 Å². The van der Waals surface area contributed by atoms with Crippen LogP contribution in [0.15, 0.2) is 24.4 Å². The van der Waals surface area contributed by atoms with Crippen LogP contribution in [0.4, 0.5) is 0 Å². The molecule has 0 fully saturated rings. The van der Waals surface area contributed by atoms with Gasteiger partial charge in [0.2, 0.25) is 0 Å². The molecule has 0 unspecified atom stereocenters. The normalized spacial score (nSPS) is 12.3. The number of hydrogen-bond acceptors (Lipinski definition) is 1. The Morgan fingerprint density at radius 3 is 2.53 bits per heavy atom. The molecule has 1 aromatic heterocycles. The second-order valence-electron chi connectivity index (χ2n) is 4.88. The molecule has 2 N–H and O–H groups in total. The fourth-order valence-corrected chi connectivity index (χ4v) is 2.05. The van der Waals surface area contributed by atoms with Gasteiger partial charge in [0.1, 0.15) is 0 Å². The molecular formula is C13H18N2. The van der Waals surface area contributed by atoms with E-state index in [4.69, 9.17) is 5.73 Å². The van der Waals surface area contributed by atoms with Crippen molar-refractivity contribution >= 4 is 10.9 Å². The summed E-state index contributed by atoms with van der Waals surface area (Å²) in [7, 11) is 2.07. The van der Waals surface area contributed by atoms with Crippen LogP contribution in [0, 0.1) is 6.92 Å². The van der Waals surface area contributed by atoms with Crippen LogP contribution in [0.5, 0.6) is 0 Å². The second kappa shape index (κ2) is 3.11. The molecule has 1 aromatic carbocycles. The highest BCUT2D eigenvalue weighted by Crippen LogP contribution is 2.26. The lowest BCUT2D eigenvalue weighted by Crippen LogP contribution is -2.28. The Morgan fingerprint density at radius 2 is 1.93 bits per heavy atom. The van der Waals surface area contributed by atoms with Crippen molar-refractivity contribution in [3.8, 4) is 0 Å². The van der Waals surface area contributed by atoms with E-state index in [9.17, 15) is 0 Å². The maximum absolute atomic E-state index is 6.12. The third-order valence-corrected chi connectivity index (χ3v) is 2.90. The highest BCUT2D eigenvalue weighted by molar-refractivity contribution is 5.84. The van der Waals surface area contributed by atoms with Gasteiger partial charge in [0.25, 0.3) is 0 Å². The molecule has 80 valence electrons. The number of fused-ring (bicyclic) bond motifs is 1. The summed E-state index contributed by atoms with van der Waals surface area (Å²) in [6.45, 7) is 6.21. The molecule has 2 heteroatoms. The number of aromatic nitrogens is 1. The molecule has 2 aromatic rings. The van der Waals surface area contributed by atoms with Crippen LogP contribution >= 0.6 is 0 Å². The molecule has 0 atom stereocenters. The number of nitrogens with zero attached hydrogens (tertiary/aromatic N) is 1. The topological polar surface area (TPSA) is 30.9 Å². The molecule has 2 nitrogen and oxygen atoms in total. The van der Waals surface area contributed by atoms with Crippen LogP contribution in [0.25, 0.3) is 10.9 Å². The summed E-state index contributed by atoms with van der Waals surface area (Å²) in [6, 6.07) is 6.50. The largest absolute Gasteiger partial charge is 0.350 e. The summed E-state index contributed by atoms with van der Waals surface area (Å²) in [5.74, 6) is 0. The van der Waals surface area contributed by atoms with Gasteiger partial charge in [0, 0.05) is 24.2 Å². The molecule has 0 spiro atoms. The smallest absolute Gasteiger partial charge is 0.0507 e. The predicted molar refractivity (Wildman–Crippen MR) is 64.9 cm³/mol. The van der Waals surface area contributed by atoms with Gasteiger partial charge >= 0.3 is 0 Å². The van der Waals surface area contributed by atoms with Gasteiger partial charge < -0.3 is 10.3 Å². The molecule has 0 aliphatic carbocycles. The fourth-order valence-electron chi connectivity index (χ4n) is 2.05. The first-order valence-corrected chi connectivity index (χ1v) is 5.24. The molecule has 0 aliphatic rings.